The molecule has 1 aliphatic carbocycles. The predicted octanol–water partition coefficient (Wildman–Crippen LogP) is 1.96. The summed E-state index contributed by atoms with van der Waals surface area (Å²) in [6.45, 7) is 1.62. The number of hydrogen-bond acceptors (Lipinski definition) is 2. The van der Waals surface area contributed by atoms with E-state index >= 15 is 0 Å². The third kappa shape index (κ3) is 2.62. The molecular weight excluding hydrogens is 200 g/mol. The summed E-state index contributed by atoms with van der Waals surface area (Å²) in [7, 11) is 0. The molecule has 1 saturated carbocycles. The van der Waals surface area contributed by atoms with Crippen LogP contribution in [0.4, 0.5) is 0 Å². The maximum absolute atomic E-state index is 11.4. The predicted molar refractivity (Wildman–Crippen MR) is 54.9 cm³/mol. The van der Waals surface area contributed by atoms with Gasteiger partial charge in [0.1, 0.15) is 10.9 Å². The lowest BCUT2D eigenvalue weighted by Crippen LogP contribution is -2.50. The molecule has 4 heteroatoms. The number of hydrogen-bond donors (Lipinski definition) is 1. The molecule has 1 fully saturated rings. The highest BCUT2D eigenvalue weighted by Crippen LogP contribution is 2.27. The number of nitrogens with one attached hydrogen (secondary N) is 1. The van der Waals surface area contributed by atoms with Crippen molar-refractivity contribution in [3.63, 3.8) is 0 Å². The minimum Gasteiger partial charge on any atom is -0.337 e. The van der Waals surface area contributed by atoms with Gasteiger partial charge in [-0.1, -0.05) is 19.3 Å². The Balaban J connectivity index is 2.62. The molecule has 0 aromatic heterocycles. The van der Waals surface area contributed by atoms with Gasteiger partial charge in [-0.25, -0.2) is 0 Å². The topological polar surface area (TPSA) is 52.9 Å². The first-order valence-corrected chi connectivity index (χ1v) is 5.41. The Labute approximate surface area is 89.4 Å². The lowest BCUT2D eigenvalue weighted by Gasteiger charge is -2.31. The van der Waals surface area contributed by atoms with Crippen LogP contribution in [0.1, 0.15) is 39.0 Å². The standard InChI is InChI=1S/C10H15ClN2O/c1-8(11)9(14)13-10(7-12)5-3-2-4-6-10/h8H,2-6H2,1H3,(H,13,14). The van der Waals surface area contributed by atoms with Crippen molar-refractivity contribution in [2.45, 2.75) is 49.9 Å². The molecule has 1 unspecified atom stereocenters. The highest BCUT2D eigenvalue weighted by Gasteiger charge is 2.34. The van der Waals surface area contributed by atoms with Gasteiger partial charge in [0.25, 0.3) is 0 Å². The zero-order valence-electron chi connectivity index (χ0n) is 8.35. The van der Waals surface area contributed by atoms with Gasteiger partial charge in [0.15, 0.2) is 0 Å². The van der Waals surface area contributed by atoms with Crippen molar-refractivity contribution in [1.29, 1.82) is 5.26 Å². The van der Waals surface area contributed by atoms with E-state index in [0.717, 1.165) is 32.1 Å². The van der Waals surface area contributed by atoms with E-state index < -0.39 is 10.9 Å². The van der Waals surface area contributed by atoms with Crippen molar-refractivity contribution < 1.29 is 4.79 Å². The largest absolute Gasteiger partial charge is 0.337 e. The molecule has 14 heavy (non-hydrogen) atoms. The third-order valence-corrected chi connectivity index (χ3v) is 2.84. The number of rotatable bonds is 2. The van der Waals surface area contributed by atoms with Crippen LogP contribution < -0.4 is 5.32 Å². The summed E-state index contributed by atoms with van der Waals surface area (Å²) in [5.41, 5.74) is -0.654. The van der Waals surface area contributed by atoms with E-state index in [1.54, 1.807) is 6.92 Å². The fourth-order valence-electron chi connectivity index (χ4n) is 1.76. The summed E-state index contributed by atoms with van der Waals surface area (Å²) in [6, 6.07) is 2.21. The summed E-state index contributed by atoms with van der Waals surface area (Å²) in [5, 5.41) is 11.2. The molecule has 0 bridgehead atoms. The van der Waals surface area contributed by atoms with Crippen LogP contribution >= 0.6 is 11.6 Å². The maximum atomic E-state index is 11.4. The number of nitriles is 1. The van der Waals surface area contributed by atoms with E-state index in [9.17, 15) is 4.79 Å². The second-order valence-corrected chi connectivity index (χ2v) is 4.51. The second-order valence-electron chi connectivity index (χ2n) is 3.86. The zero-order chi connectivity index (χ0) is 10.6. The molecule has 1 atom stereocenters. The van der Waals surface area contributed by atoms with E-state index in [4.69, 9.17) is 16.9 Å². The van der Waals surface area contributed by atoms with Crippen LogP contribution in [0.5, 0.6) is 0 Å². The van der Waals surface area contributed by atoms with E-state index in [-0.39, 0.29) is 5.91 Å². The molecule has 0 saturated heterocycles. The van der Waals surface area contributed by atoms with Gasteiger partial charge in [0, 0.05) is 0 Å². The normalized spacial score (nSPS) is 22.1. The number of halogens is 1. The molecule has 0 aromatic rings. The molecule has 78 valence electrons. The third-order valence-electron chi connectivity index (χ3n) is 2.64. The smallest absolute Gasteiger partial charge is 0.239 e. The van der Waals surface area contributed by atoms with Gasteiger partial charge in [-0.15, -0.1) is 11.6 Å². The highest BCUT2D eigenvalue weighted by molar-refractivity contribution is 6.30. The van der Waals surface area contributed by atoms with Crippen LogP contribution in [-0.4, -0.2) is 16.8 Å². The van der Waals surface area contributed by atoms with Crippen LogP contribution in [0, 0.1) is 11.3 Å². The van der Waals surface area contributed by atoms with Gasteiger partial charge in [-0.3, -0.25) is 4.79 Å². The lowest BCUT2D eigenvalue weighted by molar-refractivity contribution is -0.122. The van der Waals surface area contributed by atoms with Crippen LogP contribution in [0.3, 0.4) is 0 Å². The van der Waals surface area contributed by atoms with E-state index in [1.807, 2.05) is 0 Å². The fraction of sp³-hybridized carbons (Fsp3) is 0.800. The van der Waals surface area contributed by atoms with Crippen molar-refractivity contribution in [3.8, 4) is 6.07 Å². The Bertz CT molecular complexity index is 251. The Morgan fingerprint density at radius 2 is 2.07 bits per heavy atom. The number of carbonyl (C=O) groups is 1. The van der Waals surface area contributed by atoms with Crippen LogP contribution in [0.15, 0.2) is 0 Å². The van der Waals surface area contributed by atoms with Crippen molar-refractivity contribution >= 4 is 17.5 Å². The van der Waals surface area contributed by atoms with Gasteiger partial charge in [-0.05, 0) is 19.8 Å². The Hall–Kier alpha value is -0.750. The highest BCUT2D eigenvalue weighted by atomic mass is 35.5. The molecule has 0 aliphatic heterocycles. The molecule has 0 spiro atoms. The number of alkyl halides is 1. The van der Waals surface area contributed by atoms with Crippen LogP contribution in [0.25, 0.3) is 0 Å². The van der Waals surface area contributed by atoms with Crippen LogP contribution in [0.2, 0.25) is 0 Å². The fourth-order valence-corrected chi connectivity index (χ4v) is 1.81. The SMILES string of the molecule is CC(Cl)C(=O)NC1(C#N)CCCCC1. The van der Waals surface area contributed by atoms with Crippen molar-refractivity contribution in [2.75, 3.05) is 0 Å². The molecule has 1 amide bonds. The summed E-state index contributed by atoms with van der Waals surface area (Å²) in [6.07, 6.45) is 4.66. The van der Waals surface area contributed by atoms with Crippen LogP contribution in [-0.2, 0) is 4.79 Å². The lowest BCUT2D eigenvalue weighted by atomic mass is 9.83. The first-order chi connectivity index (χ1) is 6.59. The minimum absolute atomic E-state index is 0.241. The number of amides is 1. The monoisotopic (exact) mass is 214 g/mol. The quantitative estimate of drug-likeness (QED) is 0.715. The molecular formula is C10H15ClN2O. The number of carbonyl (C=O) groups excluding carboxylic acids is 1. The Kier molecular flexibility index (Phi) is 3.77. The average molecular weight is 215 g/mol. The first-order valence-electron chi connectivity index (χ1n) is 4.97. The number of nitrogens with zero attached hydrogens (tertiary/aromatic N) is 1. The second kappa shape index (κ2) is 4.65. The Morgan fingerprint density at radius 3 is 2.50 bits per heavy atom. The minimum atomic E-state index is -0.654. The summed E-state index contributed by atoms with van der Waals surface area (Å²) in [4.78, 5) is 11.4. The maximum Gasteiger partial charge on any atom is 0.239 e. The van der Waals surface area contributed by atoms with E-state index in [0.29, 0.717) is 0 Å². The van der Waals surface area contributed by atoms with Crippen molar-refractivity contribution in [2.24, 2.45) is 0 Å². The average Bonchev–Trinajstić information content (AvgIpc) is 2.19. The first kappa shape index (κ1) is 11.3. The van der Waals surface area contributed by atoms with Crippen molar-refractivity contribution in [1.82, 2.24) is 5.32 Å². The van der Waals surface area contributed by atoms with Gasteiger partial charge in [-0.2, -0.15) is 5.26 Å². The molecule has 0 heterocycles. The van der Waals surface area contributed by atoms with E-state index in [1.165, 1.54) is 0 Å². The zero-order valence-corrected chi connectivity index (χ0v) is 9.10. The summed E-state index contributed by atoms with van der Waals surface area (Å²) in [5.74, 6) is -0.241. The molecule has 1 rings (SSSR count). The molecule has 1 aliphatic rings. The van der Waals surface area contributed by atoms with E-state index in [2.05, 4.69) is 11.4 Å². The van der Waals surface area contributed by atoms with Gasteiger partial charge in [0.2, 0.25) is 5.91 Å². The van der Waals surface area contributed by atoms with Gasteiger partial charge >= 0.3 is 0 Å². The van der Waals surface area contributed by atoms with Crippen molar-refractivity contribution in [3.05, 3.63) is 0 Å². The molecule has 0 radical (unpaired) electrons. The Morgan fingerprint density at radius 1 is 1.50 bits per heavy atom. The molecule has 0 aromatic carbocycles. The molecule has 1 N–H and O–H groups in total. The van der Waals surface area contributed by atoms with Gasteiger partial charge in [0.05, 0.1) is 6.07 Å². The summed E-state index contributed by atoms with van der Waals surface area (Å²) < 4.78 is 0. The summed E-state index contributed by atoms with van der Waals surface area (Å²) >= 11 is 5.64. The van der Waals surface area contributed by atoms with Gasteiger partial charge < -0.3 is 5.32 Å². The molecule has 3 nitrogen and oxygen atoms in total.